The van der Waals surface area contributed by atoms with Crippen molar-refractivity contribution in [2.75, 3.05) is 20.8 Å². The number of aliphatic imine (C=N–C) groups is 1. The number of nitrogens with zero attached hydrogens (tertiary/aromatic N) is 1. The molecule has 0 bridgehead atoms. The summed E-state index contributed by atoms with van der Waals surface area (Å²) in [5, 5.41) is 45.5. The number of aromatic amines is 1. The molecule has 4 aromatic carbocycles. The summed E-state index contributed by atoms with van der Waals surface area (Å²) in [4.78, 5) is 21.6. The predicted molar refractivity (Wildman–Crippen MR) is 216 cm³/mol. The number of rotatable bonds is 19. The monoisotopic (exact) mass is 743 g/mol. The summed E-state index contributed by atoms with van der Waals surface area (Å²) in [5.41, 5.74) is 7.86. The number of allylic oxidation sites excluding steroid dienone is 1. The van der Waals surface area contributed by atoms with Crippen LogP contribution in [0.25, 0.3) is 10.8 Å². The zero-order chi connectivity index (χ0) is 38.9. The predicted octanol–water partition coefficient (Wildman–Crippen LogP) is 7.43. The van der Waals surface area contributed by atoms with E-state index in [2.05, 4.69) is 41.2 Å². The molecule has 0 saturated heterocycles. The molecule has 1 aliphatic heterocycles. The number of hydrogen-bond donors (Lipinski definition) is 5. The fraction of sp³-hybridized carbons (Fsp3) is 0.326. The van der Waals surface area contributed by atoms with Gasteiger partial charge in [-0.05, 0) is 106 Å². The molecule has 0 fully saturated rings. The van der Waals surface area contributed by atoms with Crippen LogP contribution in [-0.2, 0) is 43.3 Å². The molecule has 0 aliphatic carbocycles. The van der Waals surface area contributed by atoms with Crippen LogP contribution >= 0.6 is 0 Å². The number of H-pyrrole nitrogens is 1. The highest BCUT2D eigenvalue weighted by molar-refractivity contribution is 5.90. The lowest BCUT2D eigenvalue weighted by Gasteiger charge is -2.26. The Labute approximate surface area is 323 Å². The van der Waals surface area contributed by atoms with Crippen LogP contribution in [0.3, 0.4) is 0 Å². The van der Waals surface area contributed by atoms with Crippen LogP contribution in [0.15, 0.2) is 95.8 Å². The SMILES string of the molecule is CCc1ccc2cccc(CCO)c2c1Cc1c(C[C@H](Cc2cc[nH]c2)[C@H](O)CC(=O)[C@H](CC2=C[CH+]N=C2)Cc2ccc(O)c(OC)c2)ccc(O)c1OC. The number of aliphatic hydroxyl groups excluding tert-OH is 2. The van der Waals surface area contributed by atoms with E-state index in [1.54, 1.807) is 44.1 Å². The number of aromatic hydroxyl groups is 2. The van der Waals surface area contributed by atoms with Gasteiger partial charge in [0.2, 0.25) is 0 Å². The van der Waals surface area contributed by atoms with Crippen molar-refractivity contribution in [1.29, 1.82) is 0 Å². The Balaban J connectivity index is 1.34. The van der Waals surface area contributed by atoms with Gasteiger partial charge in [0.25, 0.3) is 0 Å². The van der Waals surface area contributed by atoms with Crippen molar-refractivity contribution in [3.8, 4) is 23.0 Å². The summed E-state index contributed by atoms with van der Waals surface area (Å²) >= 11 is 0. The van der Waals surface area contributed by atoms with Crippen molar-refractivity contribution >= 4 is 22.8 Å². The Morgan fingerprint density at radius 3 is 2.40 bits per heavy atom. The molecular formula is C46H51N2O7+. The second-order valence-electron chi connectivity index (χ2n) is 14.4. The van der Waals surface area contributed by atoms with Crippen molar-refractivity contribution in [2.24, 2.45) is 16.8 Å². The maximum atomic E-state index is 14.3. The van der Waals surface area contributed by atoms with E-state index in [4.69, 9.17) is 9.47 Å². The molecule has 1 aliphatic rings. The van der Waals surface area contributed by atoms with Crippen LogP contribution in [0.1, 0.15) is 58.7 Å². The van der Waals surface area contributed by atoms with E-state index in [9.17, 15) is 25.2 Å². The van der Waals surface area contributed by atoms with E-state index in [-0.39, 0.29) is 36.2 Å². The molecule has 9 nitrogen and oxygen atoms in total. The molecule has 286 valence electrons. The number of phenols is 2. The van der Waals surface area contributed by atoms with Gasteiger partial charge in [0.15, 0.2) is 29.2 Å². The summed E-state index contributed by atoms with van der Waals surface area (Å²) in [7, 11) is 3.05. The summed E-state index contributed by atoms with van der Waals surface area (Å²) in [6, 6.07) is 21.1. The minimum atomic E-state index is -0.982. The van der Waals surface area contributed by atoms with Gasteiger partial charge in [-0.1, -0.05) is 49.4 Å². The lowest BCUT2D eigenvalue weighted by molar-refractivity contribution is -0.125. The minimum absolute atomic E-state index is 0.0274. The number of carbonyl (C=O) groups is 1. The summed E-state index contributed by atoms with van der Waals surface area (Å²) < 4.78 is 11.2. The molecular weight excluding hydrogens is 693 g/mol. The number of fused-ring (bicyclic) bond motifs is 1. The number of carbonyl (C=O) groups excluding carboxylic acids is 1. The van der Waals surface area contributed by atoms with Crippen LogP contribution in [0.2, 0.25) is 0 Å². The molecule has 0 radical (unpaired) electrons. The number of hydrogen-bond acceptors (Lipinski definition) is 8. The summed E-state index contributed by atoms with van der Waals surface area (Å²) in [6.45, 7) is 3.86. The van der Waals surface area contributed by atoms with E-state index >= 15 is 0 Å². The quantitative estimate of drug-likeness (QED) is 0.0554. The van der Waals surface area contributed by atoms with Gasteiger partial charge in [0.05, 0.1) is 26.4 Å². The molecule has 0 spiro atoms. The number of aryl methyl sites for hydroxylation is 1. The fourth-order valence-electron chi connectivity index (χ4n) is 8.00. The van der Waals surface area contributed by atoms with Crippen LogP contribution in [0, 0.1) is 18.4 Å². The van der Waals surface area contributed by atoms with Crippen molar-refractivity contribution in [3.05, 3.63) is 136 Å². The first kappa shape index (κ1) is 39.2. The Hall–Kier alpha value is -5.51. The zero-order valence-electron chi connectivity index (χ0n) is 31.8. The van der Waals surface area contributed by atoms with E-state index in [0.717, 1.165) is 56.1 Å². The number of Topliss-reactive ketones (excluding diaryl/α,β-unsaturated/α-hetero) is 1. The lowest BCUT2D eigenvalue weighted by atomic mass is 9.80. The molecule has 0 unspecified atom stereocenters. The standard InChI is InChI=1S/C46H50N2O7/c1-4-32-9-10-33-6-5-7-34(16-19-49)45(33)38(32)25-39-35(11-13-41(51)46(39)55-3)24-37(22-31-15-18-48-28-31)43(53)26-42(52)36(21-30-14-17-47-27-30)20-29-8-12-40(50)44(23-29)54-2/h5-15,17-18,23,27-28,36-37,43,48-49,53H,4,16,19-22,24-26H2,1-3H3,(H-,50,51)/p+1/t36-,37-,43+/m0/s1. The maximum Gasteiger partial charge on any atom is 0.176 e. The second kappa shape index (κ2) is 18.2. The lowest BCUT2D eigenvalue weighted by Crippen LogP contribution is -2.31. The maximum absolute atomic E-state index is 14.3. The molecule has 1 aromatic heterocycles. The molecule has 3 atom stereocenters. The highest BCUT2D eigenvalue weighted by atomic mass is 16.5. The molecule has 0 amide bonds. The average molecular weight is 744 g/mol. The Bertz CT molecular complexity index is 2150. The number of ether oxygens (including phenoxy) is 2. The minimum Gasteiger partial charge on any atom is -0.504 e. The van der Waals surface area contributed by atoms with E-state index in [1.807, 2.05) is 36.7 Å². The third-order valence-corrected chi connectivity index (χ3v) is 10.9. The van der Waals surface area contributed by atoms with Gasteiger partial charge in [-0.3, -0.25) is 4.79 Å². The Kier molecular flexibility index (Phi) is 13.0. The van der Waals surface area contributed by atoms with Gasteiger partial charge >= 0.3 is 0 Å². The third-order valence-electron chi connectivity index (χ3n) is 10.9. The molecule has 55 heavy (non-hydrogen) atoms. The largest absolute Gasteiger partial charge is 0.504 e. The second-order valence-corrected chi connectivity index (χ2v) is 14.4. The zero-order valence-corrected chi connectivity index (χ0v) is 31.8. The van der Waals surface area contributed by atoms with E-state index < -0.39 is 12.0 Å². The summed E-state index contributed by atoms with van der Waals surface area (Å²) in [6.07, 6.45) is 9.97. The van der Waals surface area contributed by atoms with Crippen molar-refractivity contribution < 1.29 is 34.7 Å². The smallest absolute Gasteiger partial charge is 0.176 e. The average Bonchev–Trinajstić information content (AvgIpc) is 3.91. The van der Waals surface area contributed by atoms with Gasteiger partial charge < -0.3 is 34.9 Å². The fourth-order valence-corrected chi connectivity index (χ4v) is 8.00. The molecule has 5 N–H and O–H groups in total. The number of benzene rings is 4. The highest BCUT2D eigenvalue weighted by Gasteiger charge is 2.31. The molecule has 5 aromatic rings. The van der Waals surface area contributed by atoms with E-state index in [0.29, 0.717) is 50.0 Å². The van der Waals surface area contributed by atoms with Crippen LogP contribution in [-0.4, -0.2) is 64.3 Å². The number of methoxy groups -OCH3 is 2. The number of ketones is 1. The first-order chi connectivity index (χ1) is 26.7. The van der Waals surface area contributed by atoms with Crippen molar-refractivity contribution in [2.45, 2.75) is 64.4 Å². The number of aromatic nitrogens is 1. The van der Waals surface area contributed by atoms with Gasteiger partial charge in [-0.2, -0.15) is 0 Å². The third kappa shape index (κ3) is 9.24. The van der Waals surface area contributed by atoms with Crippen molar-refractivity contribution in [1.82, 2.24) is 4.98 Å². The Morgan fingerprint density at radius 2 is 1.69 bits per heavy atom. The van der Waals surface area contributed by atoms with E-state index in [1.165, 1.54) is 12.7 Å². The molecule has 6 rings (SSSR count). The molecule has 9 heteroatoms. The molecule has 2 heterocycles. The van der Waals surface area contributed by atoms with Gasteiger partial charge in [-0.25, -0.2) is 0 Å². The van der Waals surface area contributed by atoms with Crippen LogP contribution in [0.5, 0.6) is 23.0 Å². The van der Waals surface area contributed by atoms with Crippen molar-refractivity contribution in [3.63, 3.8) is 0 Å². The number of aliphatic hydroxyl groups is 2. The topological polar surface area (TPSA) is 145 Å². The van der Waals surface area contributed by atoms with Gasteiger partial charge in [0, 0.05) is 49.7 Å². The number of nitrogens with one attached hydrogen (secondary N) is 1. The highest BCUT2D eigenvalue weighted by Crippen LogP contribution is 2.39. The number of phenolic OH excluding ortho intramolecular Hbond substituents is 2. The molecule has 0 saturated carbocycles. The normalized spacial score (nSPS) is 14.0. The van der Waals surface area contributed by atoms with Gasteiger partial charge in [-0.15, -0.1) is 4.99 Å². The Morgan fingerprint density at radius 1 is 0.873 bits per heavy atom. The first-order valence-electron chi connectivity index (χ1n) is 19.0. The van der Waals surface area contributed by atoms with Crippen LogP contribution in [0.4, 0.5) is 0 Å². The van der Waals surface area contributed by atoms with Crippen LogP contribution < -0.4 is 9.47 Å². The summed E-state index contributed by atoms with van der Waals surface area (Å²) in [5.74, 6) is -0.0889. The first-order valence-corrected chi connectivity index (χ1v) is 19.0. The van der Waals surface area contributed by atoms with Gasteiger partial charge in [0.1, 0.15) is 17.9 Å².